The minimum absolute atomic E-state index is 0.360. The second-order valence-electron chi connectivity index (χ2n) is 2.93. The van der Waals surface area contributed by atoms with Crippen LogP contribution >= 0.6 is 0 Å². The van der Waals surface area contributed by atoms with Crippen LogP contribution in [0.15, 0.2) is 0 Å². The number of aliphatic hydroxyl groups is 1. The van der Waals surface area contributed by atoms with Gasteiger partial charge in [0.05, 0.1) is 0 Å². The molecule has 1 rings (SSSR count). The number of likely N-dealkylation sites (tertiary alicyclic amines) is 1. The van der Waals surface area contributed by atoms with Crippen LogP contribution in [0.1, 0.15) is 12.8 Å². The van der Waals surface area contributed by atoms with Gasteiger partial charge >= 0.3 is 0 Å². The summed E-state index contributed by atoms with van der Waals surface area (Å²) in [5, 5.41) is 8.59. The number of nitrogens with zero attached hydrogens (tertiary/aromatic N) is 1. The molecule has 1 N–H and O–H groups in total. The number of hydrogen-bond donors (Lipinski definition) is 1. The van der Waals surface area contributed by atoms with Gasteiger partial charge in [0.2, 0.25) is 0 Å². The molecule has 1 atom stereocenters. The fraction of sp³-hybridized carbons (Fsp3) is 1.00. The zero-order valence-electron chi connectivity index (χ0n) is 6.01. The van der Waals surface area contributed by atoms with E-state index >= 15 is 0 Å². The summed E-state index contributed by atoms with van der Waals surface area (Å²) in [7, 11) is 2.14. The molecule has 0 aromatic heterocycles. The van der Waals surface area contributed by atoms with E-state index in [1.807, 2.05) is 0 Å². The van der Waals surface area contributed by atoms with Crippen molar-refractivity contribution in [3.8, 4) is 0 Å². The van der Waals surface area contributed by atoms with Gasteiger partial charge in [-0.2, -0.15) is 0 Å². The molecule has 0 amide bonds. The van der Waals surface area contributed by atoms with Crippen LogP contribution in [0.25, 0.3) is 0 Å². The van der Waals surface area contributed by atoms with Gasteiger partial charge in [0.25, 0.3) is 0 Å². The summed E-state index contributed by atoms with van der Waals surface area (Å²) < 4.78 is 0. The van der Waals surface area contributed by atoms with Crippen LogP contribution in [0.2, 0.25) is 0 Å². The van der Waals surface area contributed by atoms with Crippen molar-refractivity contribution >= 4 is 0 Å². The summed E-state index contributed by atoms with van der Waals surface area (Å²) in [6.07, 6.45) is 2.27. The number of rotatable bonds is 2. The smallest absolute Gasteiger partial charge is 0.0434 e. The van der Waals surface area contributed by atoms with Crippen LogP contribution in [-0.2, 0) is 0 Å². The SMILES string of the molecule is CN1CCC(CCO)C1. The molecule has 0 aromatic carbocycles. The molecule has 1 aliphatic rings. The van der Waals surface area contributed by atoms with Crippen LogP contribution in [0, 0.1) is 5.92 Å². The van der Waals surface area contributed by atoms with E-state index in [1.54, 1.807) is 0 Å². The molecule has 1 aliphatic heterocycles. The monoisotopic (exact) mass is 129 g/mol. The predicted molar refractivity (Wildman–Crippen MR) is 37.3 cm³/mol. The number of hydrogen-bond acceptors (Lipinski definition) is 2. The van der Waals surface area contributed by atoms with Gasteiger partial charge in [-0.1, -0.05) is 0 Å². The zero-order valence-corrected chi connectivity index (χ0v) is 6.01. The first kappa shape index (κ1) is 7.03. The van der Waals surface area contributed by atoms with E-state index in [4.69, 9.17) is 5.11 Å². The first-order valence-electron chi connectivity index (χ1n) is 3.62. The molecule has 0 aliphatic carbocycles. The first-order chi connectivity index (χ1) is 4.33. The van der Waals surface area contributed by atoms with E-state index in [0.29, 0.717) is 6.61 Å². The summed E-state index contributed by atoms with van der Waals surface area (Å²) in [5.41, 5.74) is 0. The molecule has 9 heavy (non-hydrogen) atoms. The zero-order chi connectivity index (χ0) is 6.69. The Kier molecular flexibility index (Phi) is 2.49. The van der Waals surface area contributed by atoms with Gasteiger partial charge < -0.3 is 10.0 Å². The number of aliphatic hydroxyl groups excluding tert-OH is 1. The summed E-state index contributed by atoms with van der Waals surface area (Å²) in [4.78, 5) is 2.32. The maximum Gasteiger partial charge on any atom is 0.0434 e. The van der Waals surface area contributed by atoms with E-state index < -0.39 is 0 Å². The van der Waals surface area contributed by atoms with Gasteiger partial charge in [-0.05, 0) is 32.4 Å². The minimum atomic E-state index is 0.360. The first-order valence-corrected chi connectivity index (χ1v) is 3.62. The van der Waals surface area contributed by atoms with Crippen molar-refractivity contribution < 1.29 is 5.11 Å². The molecule has 1 unspecified atom stereocenters. The third kappa shape index (κ3) is 1.95. The third-order valence-electron chi connectivity index (χ3n) is 2.03. The van der Waals surface area contributed by atoms with Crippen molar-refractivity contribution in [3.05, 3.63) is 0 Å². The van der Waals surface area contributed by atoms with Gasteiger partial charge in [0.15, 0.2) is 0 Å². The minimum Gasteiger partial charge on any atom is -0.396 e. The summed E-state index contributed by atoms with van der Waals surface area (Å²) >= 11 is 0. The van der Waals surface area contributed by atoms with Crippen molar-refractivity contribution in [2.75, 3.05) is 26.7 Å². The van der Waals surface area contributed by atoms with E-state index in [-0.39, 0.29) is 0 Å². The Morgan fingerprint density at radius 3 is 2.89 bits per heavy atom. The highest BCUT2D eigenvalue weighted by molar-refractivity contribution is 4.71. The second-order valence-corrected chi connectivity index (χ2v) is 2.93. The average molecular weight is 129 g/mol. The third-order valence-corrected chi connectivity index (χ3v) is 2.03. The van der Waals surface area contributed by atoms with Crippen molar-refractivity contribution in [2.45, 2.75) is 12.8 Å². The molecule has 0 aromatic rings. The summed E-state index contributed by atoms with van der Waals surface area (Å²) in [6.45, 7) is 2.75. The lowest BCUT2D eigenvalue weighted by molar-refractivity contribution is 0.256. The highest BCUT2D eigenvalue weighted by Crippen LogP contribution is 2.16. The van der Waals surface area contributed by atoms with Crippen LogP contribution in [0.5, 0.6) is 0 Å². The molecular weight excluding hydrogens is 114 g/mol. The van der Waals surface area contributed by atoms with Crippen LogP contribution < -0.4 is 0 Å². The van der Waals surface area contributed by atoms with Crippen molar-refractivity contribution in [1.29, 1.82) is 0 Å². The lowest BCUT2D eigenvalue weighted by Gasteiger charge is -2.07. The normalized spacial score (nSPS) is 29.3. The second kappa shape index (κ2) is 3.18. The van der Waals surface area contributed by atoms with Crippen molar-refractivity contribution in [2.24, 2.45) is 5.92 Å². The Bertz CT molecular complexity index is 83.0. The topological polar surface area (TPSA) is 23.5 Å². The largest absolute Gasteiger partial charge is 0.396 e. The quantitative estimate of drug-likeness (QED) is 0.580. The summed E-state index contributed by atoms with van der Waals surface area (Å²) in [5.74, 6) is 0.764. The highest BCUT2D eigenvalue weighted by Gasteiger charge is 2.17. The van der Waals surface area contributed by atoms with Crippen LogP contribution in [-0.4, -0.2) is 36.8 Å². The molecule has 1 fully saturated rings. The Labute approximate surface area is 56.5 Å². The fourth-order valence-corrected chi connectivity index (χ4v) is 1.44. The lowest BCUT2D eigenvalue weighted by Crippen LogP contribution is -2.14. The van der Waals surface area contributed by atoms with Gasteiger partial charge in [0.1, 0.15) is 0 Å². The lowest BCUT2D eigenvalue weighted by atomic mass is 10.1. The average Bonchev–Trinajstić information content (AvgIpc) is 2.17. The molecule has 0 radical (unpaired) electrons. The van der Waals surface area contributed by atoms with Gasteiger partial charge in [0, 0.05) is 13.2 Å². The maximum atomic E-state index is 8.59. The Balaban J connectivity index is 2.14. The molecule has 2 heteroatoms. The fourth-order valence-electron chi connectivity index (χ4n) is 1.44. The Morgan fingerprint density at radius 1 is 1.67 bits per heavy atom. The maximum absolute atomic E-state index is 8.59. The van der Waals surface area contributed by atoms with Crippen molar-refractivity contribution in [1.82, 2.24) is 4.90 Å². The standard InChI is InChI=1S/C7H15NO/c1-8-4-2-7(6-8)3-5-9/h7,9H,2-6H2,1H3. The van der Waals surface area contributed by atoms with E-state index in [9.17, 15) is 0 Å². The van der Waals surface area contributed by atoms with E-state index in [0.717, 1.165) is 12.3 Å². The van der Waals surface area contributed by atoms with Crippen LogP contribution in [0.3, 0.4) is 0 Å². The highest BCUT2D eigenvalue weighted by atomic mass is 16.3. The Hall–Kier alpha value is -0.0800. The molecule has 1 saturated heterocycles. The van der Waals surface area contributed by atoms with E-state index in [2.05, 4.69) is 11.9 Å². The molecule has 54 valence electrons. The molecule has 2 nitrogen and oxygen atoms in total. The van der Waals surface area contributed by atoms with Gasteiger partial charge in [-0.25, -0.2) is 0 Å². The molecular formula is C7H15NO. The molecule has 0 saturated carbocycles. The predicted octanol–water partition coefficient (Wildman–Crippen LogP) is 0.321. The van der Waals surface area contributed by atoms with E-state index in [1.165, 1.54) is 19.5 Å². The molecule has 1 heterocycles. The molecule has 0 spiro atoms. The Morgan fingerprint density at radius 2 is 2.44 bits per heavy atom. The van der Waals surface area contributed by atoms with Crippen molar-refractivity contribution in [3.63, 3.8) is 0 Å². The van der Waals surface area contributed by atoms with Gasteiger partial charge in [-0.3, -0.25) is 0 Å². The van der Waals surface area contributed by atoms with Gasteiger partial charge in [-0.15, -0.1) is 0 Å². The van der Waals surface area contributed by atoms with Crippen LogP contribution in [0.4, 0.5) is 0 Å². The molecule has 0 bridgehead atoms. The summed E-state index contributed by atoms with van der Waals surface area (Å²) in [6, 6.07) is 0.